The smallest absolute Gasteiger partial charge is 0.222 e. The molecule has 1 unspecified atom stereocenters. The molecule has 2 rings (SSSR count). The fraction of sp³-hybridized carbons (Fsp3) is 0.400. The van der Waals surface area contributed by atoms with Crippen molar-refractivity contribution in [1.82, 2.24) is 4.98 Å². The van der Waals surface area contributed by atoms with Crippen LogP contribution in [0.5, 0.6) is 0 Å². The van der Waals surface area contributed by atoms with Crippen molar-refractivity contribution in [3.8, 4) is 0 Å². The molecule has 1 aromatic rings. The summed E-state index contributed by atoms with van der Waals surface area (Å²) in [7, 11) is 0. The molecule has 1 fully saturated rings. The minimum absolute atomic E-state index is 0.0221. The van der Waals surface area contributed by atoms with Crippen LogP contribution in [0.2, 0.25) is 0 Å². The third-order valence-corrected chi connectivity index (χ3v) is 3.26. The lowest BCUT2D eigenvalue weighted by Crippen LogP contribution is -2.27. The lowest BCUT2D eigenvalue weighted by Gasteiger charge is -2.16. The molecule has 1 aliphatic heterocycles. The molecule has 4 nitrogen and oxygen atoms in total. The van der Waals surface area contributed by atoms with Crippen molar-refractivity contribution in [3.05, 3.63) is 21.9 Å². The Kier molecular flexibility index (Phi) is 3.08. The van der Waals surface area contributed by atoms with Crippen molar-refractivity contribution < 1.29 is 4.79 Å². The molecule has 0 aliphatic carbocycles. The van der Waals surface area contributed by atoms with Crippen LogP contribution >= 0.6 is 22.6 Å². The number of carbonyl (C=O) groups excluding carboxylic acids is 1. The summed E-state index contributed by atoms with van der Waals surface area (Å²) in [5.41, 5.74) is 5.27. The van der Waals surface area contributed by atoms with Crippen LogP contribution in [-0.4, -0.2) is 24.0 Å². The van der Waals surface area contributed by atoms with Crippen LogP contribution in [0, 0.1) is 9.49 Å². The Bertz CT molecular complexity index is 365. The van der Waals surface area contributed by atoms with Crippen LogP contribution in [0.25, 0.3) is 0 Å². The molecule has 0 radical (unpaired) electrons. The molecular formula is C10H12IN3O. The monoisotopic (exact) mass is 317 g/mol. The third kappa shape index (κ3) is 2.39. The maximum Gasteiger partial charge on any atom is 0.222 e. The number of carbonyl (C=O) groups is 1. The Labute approximate surface area is 102 Å². The summed E-state index contributed by atoms with van der Waals surface area (Å²) in [5.74, 6) is 0.702. The Morgan fingerprint density at radius 1 is 1.60 bits per heavy atom. The highest BCUT2D eigenvalue weighted by molar-refractivity contribution is 14.1. The van der Waals surface area contributed by atoms with Crippen molar-refractivity contribution >= 4 is 34.3 Å². The zero-order valence-electron chi connectivity index (χ0n) is 8.19. The molecule has 2 N–H and O–H groups in total. The van der Waals surface area contributed by atoms with Gasteiger partial charge in [-0.2, -0.15) is 0 Å². The van der Waals surface area contributed by atoms with Gasteiger partial charge in [0.25, 0.3) is 0 Å². The van der Waals surface area contributed by atoms with E-state index in [1.807, 2.05) is 18.3 Å². The number of pyridine rings is 1. The maximum absolute atomic E-state index is 11.0. The van der Waals surface area contributed by atoms with E-state index < -0.39 is 0 Å². The first-order valence-electron chi connectivity index (χ1n) is 4.82. The van der Waals surface area contributed by atoms with E-state index >= 15 is 0 Å². The number of nitrogens with zero attached hydrogens (tertiary/aromatic N) is 2. The molecule has 1 amide bonds. The first-order chi connectivity index (χ1) is 7.16. The van der Waals surface area contributed by atoms with E-state index in [1.165, 1.54) is 0 Å². The molecular weight excluding hydrogens is 305 g/mol. The van der Waals surface area contributed by atoms with Gasteiger partial charge >= 0.3 is 0 Å². The van der Waals surface area contributed by atoms with E-state index in [1.54, 1.807) is 0 Å². The SMILES string of the molecule is NC(=O)C1CCN(c2ccc(I)cn2)C1. The number of aromatic nitrogens is 1. The molecule has 0 aromatic carbocycles. The van der Waals surface area contributed by atoms with Crippen molar-refractivity contribution in [2.24, 2.45) is 11.7 Å². The molecule has 1 saturated heterocycles. The van der Waals surface area contributed by atoms with Gasteiger partial charge in [-0.05, 0) is 41.1 Å². The highest BCUT2D eigenvalue weighted by atomic mass is 127. The fourth-order valence-electron chi connectivity index (χ4n) is 1.76. The summed E-state index contributed by atoms with van der Waals surface area (Å²) in [6.45, 7) is 1.56. The van der Waals surface area contributed by atoms with E-state index in [-0.39, 0.29) is 11.8 Å². The summed E-state index contributed by atoms with van der Waals surface area (Å²) >= 11 is 2.22. The summed E-state index contributed by atoms with van der Waals surface area (Å²) in [6.07, 6.45) is 2.66. The van der Waals surface area contributed by atoms with Crippen molar-refractivity contribution in [3.63, 3.8) is 0 Å². The van der Waals surface area contributed by atoms with Gasteiger partial charge in [0.2, 0.25) is 5.91 Å². The summed E-state index contributed by atoms with van der Waals surface area (Å²) in [6, 6.07) is 3.99. The quantitative estimate of drug-likeness (QED) is 0.828. The van der Waals surface area contributed by atoms with Crippen LogP contribution in [0.15, 0.2) is 18.3 Å². The van der Waals surface area contributed by atoms with Gasteiger partial charge in [0.05, 0.1) is 5.92 Å². The minimum Gasteiger partial charge on any atom is -0.369 e. The van der Waals surface area contributed by atoms with Crippen LogP contribution in [0.1, 0.15) is 6.42 Å². The molecule has 2 heterocycles. The van der Waals surface area contributed by atoms with Crippen molar-refractivity contribution in [1.29, 1.82) is 0 Å². The average Bonchev–Trinajstić information content (AvgIpc) is 2.68. The molecule has 1 atom stereocenters. The number of halogens is 1. The normalized spacial score (nSPS) is 20.6. The molecule has 0 bridgehead atoms. The second-order valence-corrected chi connectivity index (χ2v) is 4.91. The summed E-state index contributed by atoms with van der Waals surface area (Å²) < 4.78 is 1.11. The van der Waals surface area contributed by atoms with Crippen molar-refractivity contribution in [2.75, 3.05) is 18.0 Å². The number of anilines is 1. The Morgan fingerprint density at radius 2 is 2.40 bits per heavy atom. The minimum atomic E-state index is -0.206. The van der Waals surface area contributed by atoms with Gasteiger partial charge in [-0.25, -0.2) is 4.98 Å². The zero-order valence-corrected chi connectivity index (χ0v) is 10.3. The highest BCUT2D eigenvalue weighted by Crippen LogP contribution is 2.21. The van der Waals surface area contributed by atoms with Gasteiger partial charge in [-0.3, -0.25) is 4.79 Å². The summed E-state index contributed by atoms with van der Waals surface area (Å²) in [4.78, 5) is 17.4. The van der Waals surface area contributed by atoms with Crippen molar-refractivity contribution in [2.45, 2.75) is 6.42 Å². The second-order valence-electron chi connectivity index (χ2n) is 3.67. The van der Waals surface area contributed by atoms with Gasteiger partial charge in [0.1, 0.15) is 5.82 Å². The number of hydrogen-bond donors (Lipinski definition) is 1. The van der Waals surface area contributed by atoms with Gasteiger partial charge in [0, 0.05) is 22.9 Å². The topological polar surface area (TPSA) is 59.2 Å². The first kappa shape index (κ1) is 10.7. The second kappa shape index (κ2) is 4.34. The number of hydrogen-bond acceptors (Lipinski definition) is 3. The lowest BCUT2D eigenvalue weighted by molar-refractivity contribution is -0.121. The standard InChI is InChI=1S/C10H12IN3O/c11-8-1-2-9(13-5-8)14-4-3-7(6-14)10(12)15/h1-2,5,7H,3-4,6H2,(H2,12,15). The molecule has 80 valence electrons. The van der Waals surface area contributed by atoms with Crippen LogP contribution in [0.3, 0.4) is 0 Å². The first-order valence-corrected chi connectivity index (χ1v) is 5.90. The Hall–Kier alpha value is -0.850. The van der Waals surface area contributed by atoms with Gasteiger partial charge in [0.15, 0.2) is 0 Å². The maximum atomic E-state index is 11.0. The molecule has 1 aliphatic rings. The largest absolute Gasteiger partial charge is 0.369 e. The zero-order chi connectivity index (χ0) is 10.8. The molecule has 5 heteroatoms. The number of primary amides is 1. The third-order valence-electron chi connectivity index (χ3n) is 2.63. The average molecular weight is 317 g/mol. The number of nitrogens with two attached hydrogens (primary N) is 1. The van der Waals surface area contributed by atoms with E-state index in [4.69, 9.17) is 5.73 Å². The van der Waals surface area contributed by atoms with Crippen LogP contribution in [-0.2, 0) is 4.79 Å². The van der Waals surface area contributed by atoms with E-state index in [2.05, 4.69) is 32.5 Å². The Balaban J connectivity index is 2.07. The van der Waals surface area contributed by atoms with E-state index in [0.717, 1.165) is 22.4 Å². The van der Waals surface area contributed by atoms with Crippen LogP contribution in [0.4, 0.5) is 5.82 Å². The number of rotatable bonds is 2. The predicted octanol–water partition coefficient (Wildman–Crippen LogP) is 0.998. The van der Waals surface area contributed by atoms with Gasteiger partial charge in [-0.1, -0.05) is 0 Å². The molecule has 15 heavy (non-hydrogen) atoms. The fourth-order valence-corrected chi connectivity index (χ4v) is 2.07. The Morgan fingerprint density at radius 3 is 2.93 bits per heavy atom. The molecule has 0 saturated carbocycles. The van der Waals surface area contributed by atoms with Gasteiger partial charge < -0.3 is 10.6 Å². The predicted molar refractivity (Wildman–Crippen MR) is 66.5 cm³/mol. The van der Waals surface area contributed by atoms with E-state index in [9.17, 15) is 4.79 Å². The highest BCUT2D eigenvalue weighted by Gasteiger charge is 2.27. The summed E-state index contributed by atoms with van der Waals surface area (Å²) in [5, 5.41) is 0. The van der Waals surface area contributed by atoms with Gasteiger partial charge in [-0.15, -0.1) is 0 Å². The lowest BCUT2D eigenvalue weighted by atomic mass is 10.1. The van der Waals surface area contributed by atoms with E-state index in [0.29, 0.717) is 6.54 Å². The molecule has 0 spiro atoms. The number of amides is 1. The van der Waals surface area contributed by atoms with Crippen LogP contribution < -0.4 is 10.6 Å². The molecule has 1 aromatic heterocycles.